The molecule has 0 amide bonds. The van der Waals surface area contributed by atoms with Gasteiger partial charge in [0.2, 0.25) is 0 Å². The number of hydrogen-bond donors (Lipinski definition) is 0. The van der Waals surface area contributed by atoms with Crippen LogP contribution in [0.15, 0.2) is 212 Å². The first-order valence-electron chi connectivity index (χ1n) is 18.4. The molecule has 1 heterocycles. The van der Waals surface area contributed by atoms with Gasteiger partial charge in [-0.25, -0.2) is 0 Å². The lowest BCUT2D eigenvalue weighted by molar-refractivity contribution is 0.489. The van der Waals surface area contributed by atoms with Crippen molar-refractivity contribution in [1.82, 2.24) is 0 Å². The van der Waals surface area contributed by atoms with Gasteiger partial charge in [0.15, 0.2) is 5.75 Å². The lowest BCUT2D eigenvalue weighted by Gasteiger charge is -2.28. The van der Waals surface area contributed by atoms with Crippen molar-refractivity contribution in [3.8, 4) is 67.1 Å². The molecule has 0 atom stereocenters. The van der Waals surface area contributed by atoms with E-state index in [1.54, 1.807) is 0 Å². The molecule has 1 aliphatic heterocycles. The Morgan fingerprint density at radius 3 is 1.56 bits per heavy atom. The number of para-hydroxylation sites is 2. The third kappa shape index (κ3) is 5.71. The zero-order valence-corrected chi connectivity index (χ0v) is 29.6. The Morgan fingerprint density at radius 2 is 0.833 bits per heavy atom. The summed E-state index contributed by atoms with van der Waals surface area (Å²) in [5.41, 5.74) is 14.6. The van der Waals surface area contributed by atoms with Crippen molar-refractivity contribution in [3.05, 3.63) is 212 Å². The highest BCUT2D eigenvalue weighted by Gasteiger charge is 2.27. The third-order valence-corrected chi connectivity index (χ3v) is 10.5. The molecular formula is C52H35NO. The maximum atomic E-state index is 7.09. The lowest BCUT2D eigenvalue weighted by atomic mass is 9.90. The van der Waals surface area contributed by atoms with E-state index in [9.17, 15) is 0 Å². The van der Waals surface area contributed by atoms with E-state index in [1.165, 1.54) is 44.2 Å². The van der Waals surface area contributed by atoms with Crippen LogP contribution in [0.4, 0.5) is 17.1 Å². The summed E-state index contributed by atoms with van der Waals surface area (Å²) in [6, 6.07) is 75.7. The molecule has 9 aromatic carbocycles. The fourth-order valence-corrected chi connectivity index (χ4v) is 7.75. The third-order valence-electron chi connectivity index (χ3n) is 10.5. The van der Waals surface area contributed by atoms with Gasteiger partial charge in [-0.1, -0.05) is 170 Å². The molecule has 0 saturated heterocycles. The van der Waals surface area contributed by atoms with Crippen LogP contribution in [0.3, 0.4) is 0 Å². The highest BCUT2D eigenvalue weighted by Crippen LogP contribution is 2.53. The minimum Gasteiger partial charge on any atom is -0.454 e. The first kappa shape index (κ1) is 31.6. The van der Waals surface area contributed by atoms with Gasteiger partial charge in [0, 0.05) is 22.5 Å². The Labute approximate surface area is 315 Å². The SMILES string of the molecule is c1ccc(-c2ccc(-c3ccc4c(c3)-c3ccccc3Oc3c-4cccc3N(c3ccc(-c4ccccc4)cc3)c3ccc4ccccc4c3)cc2)cc1. The van der Waals surface area contributed by atoms with Gasteiger partial charge in [-0.05, 0) is 97.7 Å². The van der Waals surface area contributed by atoms with E-state index in [-0.39, 0.29) is 0 Å². The van der Waals surface area contributed by atoms with Crippen molar-refractivity contribution in [2.75, 3.05) is 4.90 Å². The quantitative estimate of drug-likeness (QED) is 0.172. The molecule has 54 heavy (non-hydrogen) atoms. The summed E-state index contributed by atoms with van der Waals surface area (Å²) in [5.74, 6) is 1.66. The van der Waals surface area contributed by atoms with E-state index in [0.717, 1.165) is 50.8 Å². The average molecular weight is 690 g/mol. The second-order valence-corrected chi connectivity index (χ2v) is 13.7. The molecule has 0 aliphatic carbocycles. The average Bonchev–Trinajstić information content (AvgIpc) is 3.39. The van der Waals surface area contributed by atoms with Gasteiger partial charge in [-0.2, -0.15) is 0 Å². The number of rotatable bonds is 6. The predicted octanol–water partition coefficient (Wildman–Crippen LogP) is 14.8. The monoisotopic (exact) mass is 689 g/mol. The lowest BCUT2D eigenvalue weighted by Crippen LogP contribution is -2.11. The summed E-state index contributed by atoms with van der Waals surface area (Å²) in [4.78, 5) is 2.33. The number of ether oxygens (including phenoxy) is 1. The smallest absolute Gasteiger partial charge is 0.159 e. The largest absolute Gasteiger partial charge is 0.454 e. The molecule has 1 aliphatic rings. The first-order valence-corrected chi connectivity index (χ1v) is 18.4. The summed E-state index contributed by atoms with van der Waals surface area (Å²) < 4.78 is 7.09. The fourth-order valence-electron chi connectivity index (χ4n) is 7.75. The Morgan fingerprint density at radius 1 is 0.296 bits per heavy atom. The van der Waals surface area contributed by atoms with Crippen molar-refractivity contribution in [2.45, 2.75) is 0 Å². The number of hydrogen-bond acceptors (Lipinski definition) is 2. The van der Waals surface area contributed by atoms with Crippen LogP contribution in [-0.2, 0) is 0 Å². The van der Waals surface area contributed by atoms with Crippen LogP contribution >= 0.6 is 0 Å². The van der Waals surface area contributed by atoms with E-state index >= 15 is 0 Å². The minimum absolute atomic E-state index is 0.823. The molecule has 0 radical (unpaired) electrons. The zero-order valence-electron chi connectivity index (χ0n) is 29.6. The molecule has 2 heteroatoms. The fraction of sp³-hybridized carbons (Fsp3) is 0. The maximum Gasteiger partial charge on any atom is 0.159 e. The van der Waals surface area contributed by atoms with Gasteiger partial charge < -0.3 is 9.64 Å². The molecule has 0 fully saturated rings. The molecule has 0 aromatic heterocycles. The van der Waals surface area contributed by atoms with E-state index in [2.05, 4.69) is 217 Å². The zero-order chi connectivity index (χ0) is 35.8. The second kappa shape index (κ2) is 13.4. The summed E-state index contributed by atoms with van der Waals surface area (Å²) in [6.45, 7) is 0. The van der Waals surface area contributed by atoms with Crippen molar-refractivity contribution < 1.29 is 4.74 Å². The van der Waals surface area contributed by atoms with Crippen LogP contribution in [0, 0.1) is 0 Å². The van der Waals surface area contributed by atoms with Crippen LogP contribution in [-0.4, -0.2) is 0 Å². The number of fused-ring (bicyclic) bond motifs is 6. The van der Waals surface area contributed by atoms with E-state index in [4.69, 9.17) is 4.74 Å². The summed E-state index contributed by atoms with van der Waals surface area (Å²) in [5, 5.41) is 2.39. The molecule has 0 saturated carbocycles. The van der Waals surface area contributed by atoms with Gasteiger partial charge in [0.25, 0.3) is 0 Å². The summed E-state index contributed by atoms with van der Waals surface area (Å²) in [6.07, 6.45) is 0. The van der Waals surface area contributed by atoms with Crippen LogP contribution in [0.5, 0.6) is 11.5 Å². The van der Waals surface area contributed by atoms with Crippen LogP contribution < -0.4 is 9.64 Å². The van der Waals surface area contributed by atoms with Crippen molar-refractivity contribution in [3.63, 3.8) is 0 Å². The number of benzene rings is 9. The number of nitrogens with zero attached hydrogens (tertiary/aromatic N) is 1. The molecule has 10 rings (SSSR count). The molecule has 0 bridgehead atoms. The standard InChI is InChI=1S/C52H35NO/c1-3-12-36(13-4-1)39-22-24-41(25-23-39)43-29-33-46-48-19-11-20-50(52(48)54-51-21-10-9-18-47(51)49(46)35-43)53(45-32-28-38-16-7-8-17-42(38)34-45)44-30-26-40(27-31-44)37-14-5-2-6-15-37/h1-35H. The molecule has 254 valence electrons. The summed E-state index contributed by atoms with van der Waals surface area (Å²) in [7, 11) is 0. The molecule has 0 spiro atoms. The Bertz CT molecular complexity index is 2770. The highest BCUT2D eigenvalue weighted by molar-refractivity contribution is 5.98. The second-order valence-electron chi connectivity index (χ2n) is 13.7. The van der Waals surface area contributed by atoms with Crippen molar-refractivity contribution >= 4 is 27.8 Å². The van der Waals surface area contributed by atoms with E-state index in [1.807, 2.05) is 0 Å². The molecule has 9 aromatic rings. The van der Waals surface area contributed by atoms with Gasteiger partial charge in [-0.15, -0.1) is 0 Å². The van der Waals surface area contributed by atoms with E-state index < -0.39 is 0 Å². The van der Waals surface area contributed by atoms with Gasteiger partial charge in [-0.3, -0.25) is 0 Å². The van der Waals surface area contributed by atoms with Crippen LogP contribution in [0.2, 0.25) is 0 Å². The highest BCUT2D eigenvalue weighted by atomic mass is 16.5. The van der Waals surface area contributed by atoms with Crippen LogP contribution in [0.25, 0.3) is 66.4 Å². The molecular weight excluding hydrogens is 655 g/mol. The van der Waals surface area contributed by atoms with Gasteiger partial charge in [0.1, 0.15) is 5.75 Å². The molecule has 2 nitrogen and oxygen atoms in total. The Hall–Kier alpha value is -7.16. The number of anilines is 3. The Kier molecular flexibility index (Phi) is 7.85. The Balaban J connectivity index is 1.13. The normalized spacial score (nSPS) is 11.5. The van der Waals surface area contributed by atoms with Crippen molar-refractivity contribution in [1.29, 1.82) is 0 Å². The van der Waals surface area contributed by atoms with E-state index in [0.29, 0.717) is 0 Å². The molecule has 0 unspecified atom stereocenters. The first-order chi connectivity index (χ1) is 26.8. The van der Waals surface area contributed by atoms with Crippen molar-refractivity contribution in [2.24, 2.45) is 0 Å². The topological polar surface area (TPSA) is 12.5 Å². The minimum atomic E-state index is 0.823. The predicted molar refractivity (Wildman–Crippen MR) is 226 cm³/mol. The van der Waals surface area contributed by atoms with Gasteiger partial charge in [0.05, 0.1) is 5.69 Å². The van der Waals surface area contributed by atoms with Crippen LogP contribution in [0.1, 0.15) is 0 Å². The molecule has 0 N–H and O–H groups in total. The summed E-state index contributed by atoms with van der Waals surface area (Å²) >= 11 is 0. The maximum absolute atomic E-state index is 7.09. The van der Waals surface area contributed by atoms with Gasteiger partial charge >= 0.3 is 0 Å².